The SMILES string of the molecule is CCc1ccccc1NC(=O)CN(C(C)c1ccccc1)S(C)(=O)=O. The largest absolute Gasteiger partial charge is 0.325 e. The fourth-order valence-electron chi connectivity index (χ4n) is 2.72. The summed E-state index contributed by atoms with van der Waals surface area (Å²) in [6, 6.07) is 16.4. The Bertz CT molecular complexity index is 820. The number of benzene rings is 2. The summed E-state index contributed by atoms with van der Waals surface area (Å²) in [4.78, 5) is 12.5. The molecule has 0 fully saturated rings. The molecule has 0 heterocycles. The number of nitrogens with zero attached hydrogens (tertiary/aromatic N) is 1. The first-order valence-corrected chi connectivity index (χ1v) is 10.1. The van der Waals surface area contributed by atoms with Crippen molar-refractivity contribution in [2.24, 2.45) is 0 Å². The molecule has 6 heteroatoms. The molecule has 0 aromatic heterocycles. The average molecular weight is 360 g/mol. The lowest BCUT2D eigenvalue weighted by atomic mass is 10.1. The number of rotatable bonds is 7. The van der Waals surface area contributed by atoms with E-state index < -0.39 is 16.1 Å². The van der Waals surface area contributed by atoms with Gasteiger partial charge in [-0.05, 0) is 30.5 Å². The van der Waals surface area contributed by atoms with E-state index in [2.05, 4.69) is 5.32 Å². The van der Waals surface area contributed by atoms with Crippen LogP contribution in [0, 0.1) is 0 Å². The molecular weight excluding hydrogens is 336 g/mol. The summed E-state index contributed by atoms with van der Waals surface area (Å²) in [6.45, 7) is 3.56. The number of amides is 1. The number of hydrogen-bond acceptors (Lipinski definition) is 3. The van der Waals surface area contributed by atoms with Crippen LogP contribution in [0.25, 0.3) is 0 Å². The van der Waals surface area contributed by atoms with Gasteiger partial charge in [0, 0.05) is 11.7 Å². The van der Waals surface area contributed by atoms with Gasteiger partial charge in [-0.2, -0.15) is 4.31 Å². The molecule has 0 aliphatic carbocycles. The van der Waals surface area contributed by atoms with Crippen molar-refractivity contribution in [2.45, 2.75) is 26.3 Å². The van der Waals surface area contributed by atoms with Gasteiger partial charge < -0.3 is 5.32 Å². The Labute approximate surface area is 149 Å². The molecule has 0 saturated carbocycles. The van der Waals surface area contributed by atoms with Crippen LogP contribution in [0.3, 0.4) is 0 Å². The van der Waals surface area contributed by atoms with E-state index in [9.17, 15) is 13.2 Å². The molecule has 2 aromatic rings. The lowest BCUT2D eigenvalue weighted by Gasteiger charge is -2.26. The van der Waals surface area contributed by atoms with Gasteiger partial charge in [0.05, 0.1) is 12.8 Å². The Morgan fingerprint density at radius 3 is 2.28 bits per heavy atom. The van der Waals surface area contributed by atoms with E-state index in [-0.39, 0.29) is 12.5 Å². The lowest BCUT2D eigenvalue weighted by molar-refractivity contribution is -0.116. The fraction of sp³-hybridized carbons (Fsp3) is 0.316. The average Bonchev–Trinajstić information content (AvgIpc) is 2.59. The lowest BCUT2D eigenvalue weighted by Crippen LogP contribution is -2.39. The number of carbonyl (C=O) groups excluding carboxylic acids is 1. The predicted octanol–water partition coefficient (Wildman–Crippen LogP) is 3.21. The van der Waals surface area contributed by atoms with Crippen LogP contribution < -0.4 is 5.32 Å². The van der Waals surface area contributed by atoms with Crippen molar-refractivity contribution in [3.63, 3.8) is 0 Å². The van der Waals surface area contributed by atoms with Crippen molar-refractivity contribution in [1.29, 1.82) is 0 Å². The molecule has 1 N–H and O–H groups in total. The van der Waals surface area contributed by atoms with Crippen LogP contribution in [-0.4, -0.2) is 31.4 Å². The van der Waals surface area contributed by atoms with Crippen molar-refractivity contribution in [3.8, 4) is 0 Å². The highest BCUT2D eigenvalue weighted by Gasteiger charge is 2.27. The van der Waals surface area contributed by atoms with Crippen molar-refractivity contribution in [3.05, 3.63) is 65.7 Å². The fourth-order valence-corrected chi connectivity index (χ4v) is 3.77. The highest BCUT2D eigenvalue weighted by molar-refractivity contribution is 7.88. The highest BCUT2D eigenvalue weighted by atomic mass is 32.2. The standard InChI is InChI=1S/C19H24N2O3S/c1-4-16-10-8-9-13-18(16)20-19(22)14-21(25(3,23)24)15(2)17-11-6-5-7-12-17/h5-13,15H,4,14H2,1-3H3,(H,20,22). The van der Waals surface area contributed by atoms with E-state index in [1.54, 1.807) is 6.92 Å². The molecule has 0 spiro atoms. The number of aryl methyl sites for hydroxylation is 1. The first kappa shape index (κ1) is 19.1. The van der Waals surface area contributed by atoms with Crippen LogP contribution in [0.1, 0.15) is 31.0 Å². The minimum absolute atomic E-state index is 0.229. The third-order valence-corrected chi connectivity index (χ3v) is 5.41. The molecule has 1 atom stereocenters. The number of carbonyl (C=O) groups is 1. The minimum Gasteiger partial charge on any atom is -0.325 e. The minimum atomic E-state index is -3.54. The highest BCUT2D eigenvalue weighted by Crippen LogP contribution is 2.23. The summed E-state index contributed by atoms with van der Waals surface area (Å²) in [5.41, 5.74) is 2.57. The van der Waals surface area contributed by atoms with Gasteiger partial charge in [0.15, 0.2) is 0 Å². The summed E-state index contributed by atoms with van der Waals surface area (Å²) in [5.74, 6) is -0.353. The number of sulfonamides is 1. The zero-order valence-corrected chi connectivity index (χ0v) is 15.6. The van der Waals surface area contributed by atoms with Gasteiger partial charge in [-0.3, -0.25) is 4.79 Å². The molecule has 0 aliphatic rings. The van der Waals surface area contributed by atoms with E-state index >= 15 is 0 Å². The Kier molecular flexibility index (Phi) is 6.33. The first-order chi connectivity index (χ1) is 11.8. The Morgan fingerprint density at radius 1 is 1.08 bits per heavy atom. The molecule has 0 aliphatic heterocycles. The Hall–Kier alpha value is -2.18. The summed E-state index contributed by atoms with van der Waals surface area (Å²) in [6.07, 6.45) is 1.91. The second kappa shape index (κ2) is 8.27. The maximum Gasteiger partial charge on any atom is 0.239 e. The van der Waals surface area contributed by atoms with Crippen molar-refractivity contribution in [2.75, 3.05) is 18.1 Å². The molecule has 0 bridgehead atoms. The maximum absolute atomic E-state index is 12.5. The van der Waals surface area contributed by atoms with E-state index in [1.165, 1.54) is 4.31 Å². The molecule has 25 heavy (non-hydrogen) atoms. The molecule has 134 valence electrons. The Balaban J connectivity index is 2.19. The number of para-hydroxylation sites is 1. The Morgan fingerprint density at radius 2 is 1.68 bits per heavy atom. The van der Waals surface area contributed by atoms with Gasteiger partial charge >= 0.3 is 0 Å². The smallest absolute Gasteiger partial charge is 0.239 e. The van der Waals surface area contributed by atoms with Crippen LogP contribution in [-0.2, 0) is 21.2 Å². The van der Waals surface area contributed by atoms with Gasteiger partial charge in [-0.1, -0.05) is 55.5 Å². The quantitative estimate of drug-likeness (QED) is 0.824. The van der Waals surface area contributed by atoms with E-state index in [1.807, 2.05) is 61.5 Å². The zero-order chi connectivity index (χ0) is 18.4. The van der Waals surface area contributed by atoms with Gasteiger partial charge in [0.25, 0.3) is 0 Å². The normalized spacial score (nSPS) is 12.8. The van der Waals surface area contributed by atoms with Crippen molar-refractivity contribution in [1.82, 2.24) is 4.31 Å². The molecule has 0 radical (unpaired) electrons. The first-order valence-electron chi connectivity index (χ1n) is 8.22. The van der Waals surface area contributed by atoms with Crippen LogP contribution in [0.2, 0.25) is 0 Å². The third kappa shape index (κ3) is 5.14. The topological polar surface area (TPSA) is 66.5 Å². The number of hydrogen-bond donors (Lipinski definition) is 1. The monoisotopic (exact) mass is 360 g/mol. The maximum atomic E-state index is 12.5. The molecule has 0 saturated heterocycles. The van der Waals surface area contributed by atoms with Crippen molar-refractivity contribution < 1.29 is 13.2 Å². The van der Waals surface area contributed by atoms with Gasteiger partial charge in [-0.25, -0.2) is 8.42 Å². The molecule has 2 aromatic carbocycles. The van der Waals surface area contributed by atoms with Crippen LogP contribution in [0.5, 0.6) is 0 Å². The summed E-state index contributed by atoms with van der Waals surface area (Å²) in [5, 5.41) is 2.83. The van der Waals surface area contributed by atoms with Crippen LogP contribution in [0.15, 0.2) is 54.6 Å². The van der Waals surface area contributed by atoms with Gasteiger partial charge in [0.1, 0.15) is 0 Å². The van der Waals surface area contributed by atoms with E-state index in [0.29, 0.717) is 0 Å². The van der Waals surface area contributed by atoms with Crippen LogP contribution >= 0.6 is 0 Å². The molecule has 2 rings (SSSR count). The second-order valence-corrected chi connectivity index (χ2v) is 7.89. The second-order valence-electron chi connectivity index (χ2n) is 5.95. The summed E-state index contributed by atoms with van der Waals surface area (Å²) >= 11 is 0. The molecule has 1 amide bonds. The predicted molar refractivity (Wildman–Crippen MR) is 101 cm³/mol. The number of nitrogens with one attached hydrogen (secondary N) is 1. The molecule has 1 unspecified atom stereocenters. The number of anilines is 1. The summed E-state index contributed by atoms with van der Waals surface area (Å²) in [7, 11) is -3.54. The van der Waals surface area contributed by atoms with E-state index in [0.717, 1.165) is 29.5 Å². The van der Waals surface area contributed by atoms with Crippen molar-refractivity contribution >= 4 is 21.6 Å². The summed E-state index contributed by atoms with van der Waals surface area (Å²) < 4.78 is 25.6. The third-order valence-electron chi connectivity index (χ3n) is 4.11. The van der Waals surface area contributed by atoms with Crippen LogP contribution in [0.4, 0.5) is 5.69 Å². The van der Waals surface area contributed by atoms with Gasteiger partial charge in [0.2, 0.25) is 15.9 Å². The zero-order valence-electron chi connectivity index (χ0n) is 14.8. The molecular formula is C19H24N2O3S. The van der Waals surface area contributed by atoms with Gasteiger partial charge in [-0.15, -0.1) is 0 Å². The van der Waals surface area contributed by atoms with E-state index in [4.69, 9.17) is 0 Å². The molecule has 5 nitrogen and oxygen atoms in total.